The first-order valence-corrected chi connectivity index (χ1v) is 7.09. The number of carbonyl (C=O) groups excluding carboxylic acids is 1. The Bertz CT molecular complexity index is 495. The summed E-state index contributed by atoms with van der Waals surface area (Å²) in [5, 5.41) is 11.8. The quantitative estimate of drug-likeness (QED) is 0.666. The molecule has 3 nitrogen and oxygen atoms in total. The summed E-state index contributed by atoms with van der Waals surface area (Å²) in [6, 6.07) is 8.80. The fourth-order valence-electron chi connectivity index (χ4n) is 2.41. The van der Waals surface area contributed by atoms with Crippen LogP contribution in [0.25, 0.3) is 0 Å². The Morgan fingerprint density at radius 2 is 2.11 bits per heavy atom. The normalized spacial score (nSPS) is 23.2. The van der Waals surface area contributed by atoms with Crippen LogP contribution in [0.4, 0.5) is 0 Å². The van der Waals surface area contributed by atoms with E-state index in [1.165, 1.54) is 6.42 Å². The summed E-state index contributed by atoms with van der Waals surface area (Å²) in [6.07, 6.45) is 5.29. The first kappa shape index (κ1) is 13.9. The van der Waals surface area contributed by atoms with E-state index in [2.05, 4.69) is 5.32 Å². The van der Waals surface area contributed by atoms with Gasteiger partial charge in [-0.25, -0.2) is 0 Å². The Morgan fingerprint density at radius 3 is 2.89 bits per heavy atom. The molecule has 0 spiro atoms. The molecule has 1 aromatic rings. The van der Waals surface area contributed by atoms with E-state index in [1.54, 1.807) is 24.3 Å². The minimum Gasteiger partial charge on any atom is -0.348 e. The fraction of sp³-hybridized carbons (Fsp3) is 0.467. The van der Waals surface area contributed by atoms with Gasteiger partial charge in [0.1, 0.15) is 0 Å². The molecule has 0 aliphatic heterocycles. The van der Waals surface area contributed by atoms with E-state index in [0.717, 1.165) is 25.7 Å². The second-order valence-electron chi connectivity index (χ2n) is 4.93. The lowest BCUT2D eigenvalue weighted by atomic mass is 10.1. The summed E-state index contributed by atoms with van der Waals surface area (Å²) in [6.45, 7) is 0. The number of hydrogen-bond donors (Lipinski definition) is 1. The van der Waals surface area contributed by atoms with Crippen molar-refractivity contribution in [1.29, 1.82) is 5.26 Å². The number of rotatable bonds is 2. The molecule has 100 valence electrons. The second-order valence-corrected chi connectivity index (χ2v) is 5.49. The van der Waals surface area contributed by atoms with Gasteiger partial charge >= 0.3 is 0 Å². The van der Waals surface area contributed by atoms with Crippen LogP contribution in [0.5, 0.6) is 0 Å². The molecular formula is C15H17ClN2O. The Balaban J connectivity index is 2.05. The van der Waals surface area contributed by atoms with Crippen molar-refractivity contribution >= 4 is 17.5 Å². The van der Waals surface area contributed by atoms with Gasteiger partial charge in [-0.2, -0.15) is 5.26 Å². The van der Waals surface area contributed by atoms with E-state index in [4.69, 9.17) is 16.9 Å². The molecule has 1 N–H and O–H groups in total. The standard InChI is InChI=1S/C15H17ClN2O/c16-13-7-2-1-3-8-14(13)18-15(19)12-6-4-5-11(9-12)10-17/h4-6,9,13-14H,1-3,7-8H2,(H,18,19). The minimum atomic E-state index is -0.144. The zero-order valence-corrected chi connectivity index (χ0v) is 11.5. The van der Waals surface area contributed by atoms with Crippen molar-refractivity contribution in [3.63, 3.8) is 0 Å². The zero-order valence-electron chi connectivity index (χ0n) is 10.7. The van der Waals surface area contributed by atoms with Crippen LogP contribution < -0.4 is 5.32 Å². The topological polar surface area (TPSA) is 52.9 Å². The van der Waals surface area contributed by atoms with Crippen LogP contribution in [-0.4, -0.2) is 17.3 Å². The van der Waals surface area contributed by atoms with Crippen molar-refractivity contribution in [3.05, 3.63) is 35.4 Å². The van der Waals surface area contributed by atoms with E-state index in [1.807, 2.05) is 6.07 Å². The first-order chi connectivity index (χ1) is 9.20. The highest BCUT2D eigenvalue weighted by Gasteiger charge is 2.23. The van der Waals surface area contributed by atoms with Gasteiger partial charge in [0.05, 0.1) is 17.0 Å². The monoisotopic (exact) mass is 276 g/mol. The summed E-state index contributed by atoms with van der Waals surface area (Å²) in [7, 11) is 0. The van der Waals surface area contributed by atoms with E-state index >= 15 is 0 Å². The molecule has 1 fully saturated rings. The second kappa shape index (κ2) is 6.58. The predicted molar refractivity (Wildman–Crippen MR) is 75.1 cm³/mol. The van der Waals surface area contributed by atoms with Crippen LogP contribution in [0.15, 0.2) is 24.3 Å². The third kappa shape index (κ3) is 3.71. The van der Waals surface area contributed by atoms with Crippen molar-refractivity contribution < 1.29 is 4.79 Å². The average molecular weight is 277 g/mol. The molecule has 1 aliphatic rings. The zero-order chi connectivity index (χ0) is 13.7. The van der Waals surface area contributed by atoms with Crippen molar-refractivity contribution in [2.75, 3.05) is 0 Å². The predicted octanol–water partition coefficient (Wildman–Crippen LogP) is 3.23. The van der Waals surface area contributed by atoms with Gasteiger partial charge < -0.3 is 5.32 Å². The lowest BCUT2D eigenvalue weighted by molar-refractivity contribution is 0.0934. The van der Waals surface area contributed by atoms with Gasteiger partial charge in [-0.05, 0) is 31.0 Å². The summed E-state index contributed by atoms with van der Waals surface area (Å²) in [4.78, 5) is 12.2. The molecule has 2 unspecified atom stereocenters. The van der Waals surface area contributed by atoms with E-state index in [0.29, 0.717) is 11.1 Å². The van der Waals surface area contributed by atoms with Crippen LogP contribution >= 0.6 is 11.6 Å². The summed E-state index contributed by atoms with van der Waals surface area (Å²) < 4.78 is 0. The summed E-state index contributed by atoms with van der Waals surface area (Å²) in [5.41, 5.74) is 1.02. The number of hydrogen-bond acceptors (Lipinski definition) is 2. The van der Waals surface area contributed by atoms with Gasteiger partial charge in [0.25, 0.3) is 5.91 Å². The SMILES string of the molecule is N#Cc1cccc(C(=O)NC2CCCCCC2Cl)c1. The molecule has 0 radical (unpaired) electrons. The van der Waals surface area contributed by atoms with Gasteiger partial charge in [-0.3, -0.25) is 4.79 Å². The highest BCUT2D eigenvalue weighted by Crippen LogP contribution is 2.22. The molecule has 2 rings (SSSR count). The number of halogens is 1. The molecule has 1 aromatic carbocycles. The maximum Gasteiger partial charge on any atom is 0.251 e. The summed E-state index contributed by atoms with van der Waals surface area (Å²) in [5.74, 6) is -0.144. The van der Waals surface area contributed by atoms with Crippen LogP contribution in [0.3, 0.4) is 0 Å². The molecule has 0 bridgehead atoms. The molecule has 1 aliphatic carbocycles. The fourth-order valence-corrected chi connectivity index (χ4v) is 2.75. The molecule has 19 heavy (non-hydrogen) atoms. The highest BCUT2D eigenvalue weighted by atomic mass is 35.5. The Morgan fingerprint density at radius 1 is 1.32 bits per heavy atom. The van der Waals surface area contributed by atoms with Gasteiger partial charge in [-0.15, -0.1) is 11.6 Å². The highest BCUT2D eigenvalue weighted by molar-refractivity contribution is 6.21. The Kier molecular flexibility index (Phi) is 4.81. The lowest BCUT2D eigenvalue weighted by Crippen LogP contribution is -2.40. The number of nitriles is 1. The van der Waals surface area contributed by atoms with E-state index in [9.17, 15) is 4.79 Å². The van der Waals surface area contributed by atoms with E-state index in [-0.39, 0.29) is 17.3 Å². The molecule has 0 heterocycles. The first-order valence-electron chi connectivity index (χ1n) is 6.66. The number of nitrogens with zero attached hydrogens (tertiary/aromatic N) is 1. The minimum absolute atomic E-state index is 0.00518. The van der Waals surface area contributed by atoms with Crippen LogP contribution in [-0.2, 0) is 0 Å². The summed E-state index contributed by atoms with van der Waals surface area (Å²) >= 11 is 6.31. The molecule has 0 aromatic heterocycles. The maximum absolute atomic E-state index is 12.2. The number of nitrogens with one attached hydrogen (secondary N) is 1. The molecule has 1 saturated carbocycles. The van der Waals surface area contributed by atoms with E-state index < -0.39 is 0 Å². The van der Waals surface area contributed by atoms with Gasteiger partial charge in [0, 0.05) is 11.6 Å². The molecular weight excluding hydrogens is 260 g/mol. The van der Waals surface area contributed by atoms with Crippen molar-refractivity contribution in [3.8, 4) is 6.07 Å². The Hall–Kier alpha value is -1.53. The smallest absolute Gasteiger partial charge is 0.251 e. The number of benzene rings is 1. The van der Waals surface area contributed by atoms with Crippen molar-refractivity contribution in [1.82, 2.24) is 5.32 Å². The molecule has 0 saturated heterocycles. The third-order valence-corrected chi connectivity index (χ3v) is 4.02. The lowest BCUT2D eigenvalue weighted by Gasteiger charge is -2.21. The average Bonchev–Trinajstić information content (AvgIpc) is 2.64. The number of alkyl halides is 1. The maximum atomic E-state index is 12.2. The van der Waals surface area contributed by atoms with Gasteiger partial charge in [0.2, 0.25) is 0 Å². The van der Waals surface area contributed by atoms with Gasteiger partial charge in [-0.1, -0.05) is 25.3 Å². The molecule has 4 heteroatoms. The Labute approximate surface area is 118 Å². The molecule has 1 amide bonds. The third-order valence-electron chi connectivity index (χ3n) is 3.50. The van der Waals surface area contributed by atoms with Crippen LogP contribution in [0.1, 0.15) is 48.0 Å². The van der Waals surface area contributed by atoms with Gasteiger partial charge in [0.15, 0.2) is 0 Å². The van der Waals surface area contributed by atoms with Crippen molar-refractivity contribution in [2.24, 2.45) is 0 Å². The molecule has 2 atom stereocenters. The number of carbonyl (C=O) groups is 1. The van der Waals surface area contributed by atoms with Crippen LogP contribution in [0.2, 0.25) is 0 Å². The van der Waals surface area contributed by atoms with Crippen LogP contribution in [0, 0.1) is 11.3 Å². The van der Waals surface area contributed by atoms with Crippen molar-refractivity contribution in [2.45, 2.75) is 43.5 Å². The largest absolute Gasteiger partial charge is 0.348 e. The number of amides is 1.